The van der Waals surface area contributed by atoms with Crippen molar-refractivity contribution in [3.05, 3.63) is 130 Å². The maximum atomic E-state index is 14.5. The van der Waals surface area contributed by atoms with Crippen molar-refractivity contribution in [3.63, 3.8) is 0 Å². The lowest BCUT2D eigenvalue weighted by atomic mass is 9.72. The maximum absolute atomic E-state index is 14.5. The van der Waals surface area contributed by atoms with Crippen molar-refractivity contribution in [2.45, 2.75) is 31.5 Å². The smallest absolute Gasteiger partial charge is 0.310 e. The molecule has 1 fully saturated rings. The molecule has 9 nitrogen and oxygen atoms in total. The normalized spacial score (nSPS) is 21.9. The highest BCUT2D eigenvalue weighted by Gasteiger charge is 2.70. The minimum absolute atomic E-state index is 0.107. The predicted molar refractivity (Wildman–Crippen MR) is 175 cm³/mol. The van der Waals surface area contributed by atoms with E-state index >= 15 is 0 Å². The summed E-state index contributed by atoms with van der Waals surface area (Å²) < 4.78 is 0.742. The molecule has 2 amide bonds. The molecule has 1 saturated heterocycles. The summed E-state index contributed by atoms with van der Waals surface area (Å²) in [7, 11) is 0. The van der Waals surface area contributed by atoms with Crippen LogP contribution in [0.25, 0.3) is 0 Å². The fraction of sp³-hybridized carbons (Fsp3) is 0.194. The van der Waals surface area contributed by atoms with E-state index in [0.717, 1.165) is 10.0 Å². The molecule has 4 aromatic carbocycles. The van der Waals surface area contributed by atoms with Gasteiger partial charge in [-0.3, -0.25) is 28.9 Å². The molecule has 0 aliphatic carbocycles. The number of carboxylic acid groups (broad SMARTS) is 1. The molecule has 10 heteroatoms. The summed E-state index contributed by atoms with van der Waals surface area (Å²) in [6.45, 7) is 1.49. The van der Waals surface area contributed by atoms with Crippen LogP contribution in [0.1, 0.15) is 45.2 Å². The first-order valence-electron chi connectivity index (χ1n) is 14.8. The second-order valence-corrected chi connectivity index (χ2v) is 12.5. The zero-order chi connectivity index (χ0) is 32.6. The van der Waals surface area contributed by atoms with Crippen LogP contribution in [0.2, 0.25) is 0 Å². The highest BCUT2D eigenvalue weighted by Crippen LogP contribution is 2.57. The first-order chi connectivity index (χ1) is 22.1. The van der Waals surface area contributed by atoms with Gasteiger partial charge < -0.3 is 15.7 Å². The molecule has 4 atom stereocenters. The SMILES string of the molecule is CC(=O)Nc1ccc(C(=O)CC2C(C(=O)c3ccc(Br)cc3)C(C(=O)O)C3(C(=O)Nc4ccccc43)N2Cc2ccccc2)cc1. The molecule has 0 aromatic heterocycles. The van der Waals surface area contributed by atoms with Gasteiger partial charge in [0.2, 0.25) is 5.91 Å². The number of carbonyl (C=O) groups excluding carboxylic acids is 4. The molecule has 0 bridgehead atoms. The largest absolute Gasteiger partial charge is 0.481 e. The molecule has 2 aliphatic heterocycles. The molecule has 0 radical (unpaired) electrons. The lowest BCUT2D eigenvalue weighted by molar-refractivity contribution is -0.150. The Bertz CT molecular complexity index is 1840. The Labute approximate surface area is 273 Å². The number of Topliss-reactive ketones (excluding diaryl/α,β-unsaturated/α-hetero) is 2. The monoisotopic (exact) mass is 679 g/mol. The van der Waals surface area contributed by atoms with Crippen LogP contribution in [-0.2, 0) is 26.5 Å². The molecule has 0 saturated carbocycles. The number of anilines is 2. The molecule has 4 aromatic rings. The van der Waals surface area contributed by atoms with E-state index in [4.69, 9.17) is 0 Å². The number of likely N-dealkylation sites (tertiary alicyclic amines) is 1. The number of amides is 2. The van der Waals surface area contributed by atoms with Gasteiger partial charge in [0.25, 0.3) is 5.91 Å². The fourth-order valence-corrected chi connectivity index (χ4v) is 7.21. The number of nitrogens with one attached hydrogen (secondary N) is 2. The minimum atomic E-state index is -1.78. The first-order valence-corrected chi connectivity index (χ1v) is 15.6. The Kier molecular flexibility index (Phi) is 8.41. The third-order valence-corrected chi connectivity index (χ3v) is 9.35. The van der Waals surface area contributed by atoms with E-state index in [0.29, 0.717) is 22.5 Å². The summed E-state index contributed by atoms with van der Waals surface area (Å²) in [4.78, 5) is 69.5. The third kappa shape index (κ3) is 5.44. The van der Waals surface area contributed by atoms with Gasteiger partial charge in [-0.1, -0.05) is 76.6 Å². The maximum Gasteiger partial charge on any atom is 0.310 e. The van der Waals surface area contributed by atoms with Crippen molar-refractivity contribution in [3.8, 4) is 0 Å². The van der Waals surface area contributed by atoms with Crippen molar-refractivity contribution >= 4 is 56.7 Å². The lowest BCUT2D eigenvalue weighted by Gasteiger charge is -2.38. The van der Waals surface area contributed by atoms with Crippen molar-refractivity contribution < 1.29 is 29.1 Å². The summed E-state index contributed by atoms with van der Waals surface area (Å²) in [5.41, 5.74) is 1.04. The highest BCUT2D eigenvalue weighted by atomic mass is 79.9. The summed E-state index contributed by atoms with van der Waals surface area (Å²) in [5, 5.41) is 16.5. The van der Waals surface area contributed by atoms with Gasteiger partial charge >= 0.3 is 5.97 Å². The molecule has 1 spiro atoms. The van der Waals surface area contributed by atoms with Gasteiger partial charge in [0.1, 0.15) is 5.54 Å². The summed E-state index contributed by atoms with van der Waals surface area (Å²) in [6, 6.07) is 28.2. The Balaban J connectivity index is 1.54. The van der Waals surface area contributed by atoms with Crippen LogP contribution in [0.3, 0.4) is 0 Å². The number of hydrogen-bond donors (Lipinski definition) is 3. The van der Waals surface area contributed by atoms with Gasteiger partial charge in [0.05, 0.1) is 11.8 Å². The number of fused-ring (bicyclic) bond motifs is 2. The lowest BCUT2D eigenvalue weighted by Crippen LogP contribution is -2.53. The molecule has 2 heterocycles. The molecular formula is C36H30BrN3O6. The highest BCUT2D eigenvalue weighted by molar-refractivity contribution is 9.10. The van der Waals surface area contributed by atoms with Gasteiger partial charge in [0.15, 0.2) is 11.6 Å². The number of rotatable bonds is 9. The Hall–Kier alpha value is -4.93. The van der Waals surface area contributed by atoms with Crippen LogP contribution >= 0.6 is 15.9 Å². The van der Waals surface area contributed by atoms with E-state index < -0.39 is 41.1 Å². The van der Waals surface area contributed by atoms with E-state index in [9.17, 15) is 29.1 Å². The standard InChI is InChI=1S/C36H30BrN3O6/c1-21(41)38-26-17-13-23(14-18-26)30(42)19-29-31(33(43)24-11-15-25(37)16-12-24)32(34(44)45)36(40(29)20-22-7-3-2-4-8-22)27-9-5-6-10-28(27)39-35(36)46/h2-18,29,31-32H,19-20H2,1H3,(H,38,41)(H,39,46)(H,44,45). The van der Waals surface area contributed by atoms with Crippen LogP contribution < -0.4 is 10.6 Å². The molecule has 2 aliphatic rings. The Morgan fingerprint density at radius 1 is 0.870 bits per heavy atom. The topological polar surface area (TPSA) is 133 Å². The van der Waals surface area contributed by atoms with Crippen LogP contribution in [0.5, 0.6) is 0 Å². The van der Waals surface area contributed by atoms with Crippen LogP contribution in [0.15, 0.2) is 108 Å². The quantitative estimate of drug-likeness (QED) is 0.187. The molecular weight excluding hydrogens is 650 g/mol. The second-order valence-electron chi connectivity index (χ2n) is 11.5. The third-order valence-electron chi connectivity index (χ3n) is 8.82. The first kappa shape index (κ1) is 31.1. The second kappa shape index (κ2) is 12.5. The number of halogens is 1. The van der Waals surface area contributed by atoms with Crippen LogP contribution in [0.4, 0.5) is 11.4 Å². The number of hydrogen-bond acceptors (Lipinski definition) is 6. The number of aliphatic carboxylic acids is 1. The van der Waals surface area contributed by atoms with E-state index in [1.54, 1.807) is 77.7 Å². The molecule has 6 rings (SSSR count). The number of para-hydroxylation sites is 1. The average Bonchev–Trinajstić information content (AvgIpc) is 3.49. The van der Waals surface area contributed by atoms with E-state index in [-0.39, 0.29) is 30.2 Å². The Morgan fingerprint density at radius 2 is 1.50 bits per heavy atom. The average molecular weight is 681 g/mol. The van der Waals surface area contributed by atoms with Gasteiger partial charge in [-0.25, -0.2) is 0 Å². The molecule has 232 valence electrons. The van der Waals surface area contributed by atoms with Crippen LogP contribution in [0, 0.1) is 11.8 Å². The van der Waals surface area contributed by atoms with Crippen molar-refractivity contribution in [2.24, 2.45) is 11.8 Å². The summed E-state index contributed by atoms with van der Waals surface area (Å²) in [5.74, 6) is -5.70. The fourth-order valence-electron chi connectivity index (χ4n) is 6.95. The summed E-state index contributed by atoms with van der Waals surface area (Å²) >= 11 is 3.39. The zero-order valence-electron chi connectivity index (χ0n) is 24.8. The molecule has 4 unspecified atom stereocenters. The van der Waals surface area contributed by atoms with Gasteiger partial charge in [0, 0.05) is 58.5 Å². The van der Waals surface area contributed by atoms with Crippen LogP contribution in [-0.4, -0.2) is 45.4 Å². The van der Waals surface area contributed by atoms with Gasteiger partial charge in [-0.15, -0.1) is 0 Å². The molecule has 3 N–H and O–H groups in total. The molecule has 46 heavy (non-hydrogen) atoms. The van der Waals surface area contributed by atoms with Gasteiger partial charge in [-0.2, -0.15) is 0 Å². The van der Waals surface area contributed by atoms with Gasteiger partial charge in [-0.05, 0) is 48.0 Å². The van der Waals surface area contributed by atoms with E-state index in [1.807, 2.05) is 30.3 Å². The van der Waals surface area contributed by atoms with Crippen molar-refractivity contribution in [1.82, 2.24) is 4.90 Å². The number of carbonyl (C=O) groups is 5. The van der Waals surface area contributed by atoms with Crippen molar-refractivity contribution in [2.75, 3.05) is 10.6 Å². The number of nitrogens with zero attached hydrogens (tertiary/aromatic N) is 1. The number of ketones is 2. The zero-order valence-corrected chi connectivity index (χ0v) is 26.4. The number of benzene rings is 4. The predicted octanol–water partition coefficient (Wildman–Crippen LogP) is 5.91. The minimum Gasteiger partial charge on any atom is -0.481 e. The van der Waals surface area contributed by atoms with Crippen molar-refractivity contribution in [1.29, 1.82) is 0 Å². The Morgan fingerprint density at radius 3 is 2.15 bits per heavy atom. The summed E-state index contributed by atoms with van der Waals surface area (Å²) in [6.07, 6.45) is -0.236. The van der Waals surface area contributed by atoms with E-state index in [2.05, 4.69) is 26.6 Å². The van der Waals surface area contributed by atoms with E-state index in [1.165, 1.54) is 6.92 Å². The number of carboxylic acids is 1.